The smallest absolute Gasteiger partial charge is 0.407 e. The molecule has 0 aromatic carbocycles. The van der Waals surface area contributed by atoms with Crippen LogP contribution < -0.4 is 5.32 Å². The van der Waals surface area contributed by atoms with E-state index >= 15 is 0 Å². The summed E-state index contributed by atoms with van der Waals surface area (Å²) in [5.74, 6) is 0. The Morgan fingerprint density at radius 2 is 1.48 bits per heavy atom. The van der Waals surface area contributed by atoms with Gasteiger partial charge >= 0.3 is 6.09 Å². The van der Waals surface area contributed by atoms with Gasteiger partial charge in [0.15, 0.2) is 0 Å². The van der Waals surface area contributed by atoms with Crippen molar-refractivity contribution in [2.75, 3.05) is 6.54 Å². The number of amides is 1. The van der Waals surface area contributed by atoms with Gasteiger partial charge in [-0.05, 0) is 49.8 Å². The number of rotatable bonds is 16. The summed E-state index contributed by atoms with van der Waals surface area (Å²) >= 11 is 0. The van der Waals surface area contributed by atoms with Crippen molar-refractivity contribution in [3.8, 4) is 0 Å². The average Bonchev–Trinajstić information content (AvgIpc) is 2.68. The molecule has 1 aromatic heterocycles. The molecule has 1 rings (SSSR count). The number of carbonyl (C=O) groups is 1. The predicted molar refractivity (Wildman–Crippen MR) is 113 cm³/mol. The molecule has 0 bridgehead atoms. The fourth-order valence-electron chi connectivity index (χ4n) is 3.26. The second-order valence-electron chi connectivity index (χ2n) is 7.47. The van der Waals surface area contributed by atoms with Crippen LogP contribution >= 0.6 is 0 Å². The van der Waals surface area contributed by atoms with Crippen molar-refractivity contribution < 1.29 is 9.53 Å². The molecule has 0 fully saturated rings. The minimum absolute atomic E-state index is 0.0631. The van der Waals surface area contributed by atoms with Gasteiger partial charge < -0.3 is 10.1 Å². The third-order valence-corrected chi connectivity index (χ3v) is 4.97. The standard InChI is InChI=1S/C23H40N2O2/c1-3-5-7-8-9-10-12-14-22(13-11-6-4-2)27-23(26)25-20-17-21-15-18-24-19-16-21/h15-16,18-19,22H,3-14,17,20H2,1-2H3,(H,25,26). The van der Waals surface area contributed by atoms with Gasteiger partial charge in [0, 0.05) is 18.9 Å². The molecule has 0 saturated heterocycles. The number of aromatic nitrogens is 1. The molecule has 0 aliphatic rings. The van der Waals surface area contributed by atoms with Crippen LogP contribution in [0.4, 0.5) is 4.79 Å². The molecule has 4 nitrogen and oxygen atoms in total. The van der Waals surface area contributed by atoms with E-state index in [1.165, 1.54) is 56.9 Å². The first-order valence-electron chi connectivity index (χ1n) is 11.1. The predicted octanol–water partition coefficient (Wildman–Crippen LogP) is 6.44. The minimum atomic E-state index is -0.270. The van der Waals surface area contributed by atoms with Gasteiger partial charge in [0.2, 0.25) is 0 Å². The van der Waals surface area contributed by atoms with E-state index in [4.69, 9.17) is 4.74 Å². The summed E-state index contributed by atoms with van der Waals surface area (Å²) in [6.45, 7) is 5.06. The third kappa shape index (κ3) is 13.3. The lowest BCUT2D eigenvalue weighted by Crippen LogP contribution is -2.30. The van der Waals surface area contributed by atoms with Gasteiger partial charge in [-0.15, -0.1) is 0 Å². The fraction of sp³-hybridized carbons (Fsp3) is 0.739. The van der Waals surface area contributed by atoms with E-state index in [-0.39, 0.29) is 12.2 Å². The van der Waals surface area contributed by atoms with Crippen molar-refractivity contribution in [3.05, 3.63) is 30.1 Å². The van der Waals surface area contributed by atoms with Crippen LogP contribution in [0.2, 0.25) is 0 Å². The zero-order valence-electron chi connectivity index (χ0n) is 17.5. The molecule has 0 spiro atoms. The molecule has 27 heavy (non-hydrogen) atoms. The second-order valence-corrected chi connectivity index (χ2v) is 7.47. The Labute approximate surface area is 166 Å². The van der Waals surface area contributed by atoms with E-state index in [0.29, 0.717) is 6.54 Å². The van der Waals surface area contributed by atoms with Crippen LogP contribution in [0, 0.1) is 0 Å². The molecule has 1 heterocycles. The van der Waals surface area contributed by atoms with Gasteiger partial charge in [0.1, 0.15) is 6.10 Å². The zero-order chi connectivity index (χ0) is 19.6. The van der Waals surface area contributed by atoms with Gasteiger partial charge in [-0.2, -0.15) is 0 Å². The van der Waals surface area contributed by atoms with Crippen molar-refractivity contribution in [2.45, 2.75) is 103 Å². The van der Waals surface area contributed by atoms with Crippen LogP contribution in [0.25, 0.3) is 0 Å². The van der Waals surface area contributed by atoms with Crippen molar-refractivity contribution in [1.82, 2.24) is 10.3 Å². The zero-order valence-corrected chi connectivity index (χ0v) is 17.5. The number of alkyl carbamates (subject to hydrolysis) is 1. The first-order valence-corrected chi connectivity index (χ1v) is 11.1. The van der Waals surface area contributed by atoms with Gasteiger partial charge in [-0.1, -0.05) is 65.2 Å². The van der Waals surface area contributed by atoms with Gasteiger partial charge in [0.05, 0.1) is 0 Å². The van der Waals surface area contributed by atoms with Crippen molar-refractivity contribution in [1.29, 1.82) is 0 Å². The van der Waals surface area contributed by atoms with Gasteiger partial charge in [-0.3, -0.25) is 4.98 Å². The third-order valence-electron chi connectivity index (χ3n) is 4.97. The fourth-order valence-corrected chi connectivity index (χ4v) is 3.26. The summed E-state index contributed by atoms with van der Waals surface area (Å²) in [5.41, 5.74) is 1.17. The molecule has 1 N–H and O–H groups in total. The normalized spacial score (nSPS) is 11.9. The first kappa shape index (κ1) is 23.5. The van der Waals surface area contributed by atoms with Crippen LogP contribution in [-0.4, -0.2) is 23.7 Å². The van der Waals surface area contributed by atoms with Crippen LogP contribution in [0.1, 0.15) is 96.5 Å². The summed E-state index contributed by atoms with van der Waals surface area (Å²) < 4.78 is 5.72. The maximum absolute atomic E-state index is 12.1. The lowest BCUT2D eigenvalue weighted by molar-refractivity contribution is 0.0843. The van der Waals surface area contributed by atoms with Crippen molar-refractivity contribution >= 4 is 6.09 Å². The Hall–Kier alpha value is -1.58. The lowest BCUT2D eigenvalue weighted by Gasteiger charge is -2.18. The maximum Gasteiger partial charge on any atom is 0.407 e. The lowest BCUT2D eigenvalue weighted by atomic mass is 10.0. The van der Waals surface area contributed by atoms with E-state index in [1.807, 2.05) is 12.1 Å². The van der Waals surface area contributed by atoms with E-state index in [9.17, 15) is 4.79 Å². The van der Waals surface area contributed by atoms with Crippen LogP contribution in [0.3, 0.4) is 0 Å². The maximum atomic E-state index is 12.1. The van der Waals surface area contributed by atoms with Crippen LogP contribution in [-0.2, 0) is 11.2 Å². The molecule has 0 aliphatic heterocycles. The minimum Gasteiger partial charge on any atom is -0.446 e. The SMILES string of the molecule is CCCCCCCCCC(CCCCC)OC(=O)NCCc1ccncc1. The highest BCUT2D eigenvalue weighted by molar-refractivity contribution is 5.67. The molecule has 1 atom stereocenters. The highest BCUT2D eigenvalue weighted by Gasteiger charge is 2.13. The molecule has 0 aliphatic carbocycles. The highest BCUT2D eigenvalue weighted by Crippen LogP contribution is 2.16. The number of pyridine rings is 1. The number of nitrogens with zero attached hydrogens (tertiary/aromatic N) is 1. The Balaban J connectivity index is 2.22. The van der Waals surface area contributed by atoms with Crippen molar-refractivity contribution in [2.24, 2.45) is 0 Å². The number of nitrogens with one attached hydrogen (secondary N) is 1. The Morgan fingerprint density at radius 3 is 2.15 bits per heavy atom. The van der Waals surface area contributed by atoms with Crippen LogP contribution in [0.5, 0.6) is 0 Å². The van der Waals surface area contributed by atoms with Gasteiger partial charge in [-0.25, -0.2) is 4.79 Å². The van der Waals surface area contributed by atoms with Crippen LogP contribution in [0.15, 0.2) is 24.5 Å². The molecule has 1 amide bonds. The summed E-state index contributed by atoms with van der Waals surface area (Å²) in [4.78, 5) is 16.1. The number of carbonyl (C=O) groups excluding carboxylic acids is 1. The van der Waals surface area contributed by atoms with E-state index in [0.717, 1.165) is 32.1 Å². The Morgan fingerprint density at radius 1 is 0.926 bits per heavy atom. The topological polar surface area (TPSA) is 51.2 Å². The largest absolute Gasteiger partial charge is 0.446 e. The number of hydrogen-bond acceptors (Lipinski definition) is 3. The molecule has 1 aromatic rings. The Bertz CT molecular complexity index is 465. The average molecular weight is 377 g/mol. The molecule has 0 radical (unpaired) electrons. The summed E-state index contributed by atoms with van der Waals surface area (Å²) in [7, 11) is 0. The first-order chi connectivity index (χ1) is 13.3. The van der Waals surface area contributed by atoms with Crippen molar-refractivity contribution in [3.63, 3.8) is 0 Å². The second kappa shape index (κ2) is 16.6. The summed E-state index contributed by atoms with van der Waals surface area (Å²) in [6.07, 6.45) is 18.7. The molecule has 0 saturated carbocycles. The van der Waals surface area contributed by atoms with E-state index in [1.54, 1.807) is 12.4 Å². The number of ether oxygens (including phenoxy) is 1. The number of hydrogen-bond donors (Lipinski definition) is 1. The molecular weight excluding hydrogens is 336 g/mol. The molecule has 1 unspecified atom stereocenters. The summed E-state index contributed by atoms with van der Waals surface area (Å²) in [5, 5.41) is 2.90. The highest BCUT2D eigenvalue weighted by atomic mass is 16.6. The van der Waals surface area contributed by atoms with Gasteiger partial charge in [0.25, 0.3) is 0 Å². The van der Waals surface area contributed by atoms with E-state index in [2.05, 4.69) is 24.1 Å². The monoisotopic (exact) mass is 376 g/mol. The number of unbranched alkanes of at least 4 members (excludes halogenated alkanes) is 8. The molecule has 154 valence electrons. The molecule has 4 heteroatoms. The summed E-state index contributed by atoms with van der Waals surface area (Å²) in [6, 6.07) is 3.95. The van der Waals surface area contributed by atoms with E-state index < -0.39 is 0 Å². The Kier molecular flexibility index (Phi) is 14.4. The molecular formula is C23H40N2O2. The quantitative estimate of drug-likeness (QED) is 0.338.